The van der Waals surface area contributed by atoms with Crippen molar-refractivity contribution < 1.29 is 13.2 Å². The van der Waals surface area contributed by atoms with Crippen LogP contribution in [0.15, 0.2) is 29.2 Å². The van der Waals surface area contributed by atoms with Crippen LogP contribution in [0.3, 0.4) is 0 Å². The molecule has 1 aromatic carbocycles. The molecule has 6 heteroatoms. The third-order valence-corrected chi connectivity index (χ3v) is 5.05. The number of piperidine rings is 1. The van der Waals surface area contributed by atoms with Gasteiger partial charge in [0.05, 0.1) is 10.8 Å². The lowest BCUT2D eigenvalue weighted by molar-refractivity contribution is -0.126. The zero-order valence-corrected chi connectivity index (χ0v) is 15.1. The summed E-state index contributed by atoms with van der Waals surface area (Å²) in [6.45, 7) is 7.50. The number of amides is 1. The van der Waals surface area contributed by atoms with Crippen LogP contribution in [0.5, 0.6) is 0 Å². The summed E-state index contributed by atoms with van der Waals surface area (Å²) in [6.07, 6.45) is 3.05. The predicted molar refractivity (Wildman–Crippen MR) is 92.4 cm³/mol. The molecule has 1 fully saturated rings. The summed E-state index contributed by atoms with van der Waals surface area (Å²) in [5, 5.41) is 3.04. The Morgan fingerprint density at radius 2 is 1.83 bits per heavy atom. The molecule has 1 unspecified atom stereocenters. The molecule has 0 bridgehead atoms. The topological polar surface area (TPSA) is 66.5 Å². The van der Waals surface area contributed by atoms with Crippen molar-refractivity contribution in [3.05, 3.63) is 24.3 Å². The molecular weight excluding hydrogens is 312 g/mol. The van der Waals surface area contributed by atoms with Crippen molar-refractivity contribution in [3.8, 4) is 0 Å². The Hall–Kier alpha value is -1.56. The highest BCUT2D eigenvalue weighted by molar-refractivity contribution is 7.90. The molecule has 2 rings (SSSR count). The maximum Gasteiger partial charge on any atom is 0.225 e. The highest BCUT2D eigenvalue weighted by Gasteiger charge is 2.28. The van der Waals surface area contributed by atoms with E-state index in [1.807, 2.05) is 32.9 Å². The normalized spacial score (nSPS) is 19.5. The summed E-state index contributed by atoms with van der Waals surface area (Å²) in [6, 6.07) is 6.90. The number of sulfone groups is 1. The van der Waals surface area contributed by atoms with E-state index in [1.165, 1.54) is 6.26 Å². The number of nitrogens with one attached hydrogen (secondary N) is 1. The molecule has 128 valence electrons. The first-order chi connectivity index (χ1) is 10.6. The Balaban J connectivity index is 2.08. The third-order valence-electron chi connectivity index (χ3n) is 3.92. The molecule has 1 aromatic rings. The highest BCUT2D eigenvalue weighted by atomic mass is 32.2. The van der Waals surface area contributed by atoms with E-state index in [0.29, 0.717) is 11.4 Å². The van der Waals surface area contributed by atoms with Crippen molar-refractivity contribution in [2.24, 2.45) is 5.92 Å². The van der Waals surface area contributed by atoms with Crippen molar-refractivity contribution in [2.45, 2.75) is 44.0 Å². The molecule has 1 amide bonds. The van der Waals surface area contributed by atoms with Gasteiger partial charge in [0.2, 0.25) is 5.91 Å². The lowest BCUT2D eigenvalue weighted by Gasteiger charge is -2.35. The Morgan fingerprint density at radius 1 is 1.22 bits per heavy atom. The summed E-state index contributed by atoms with van der Waals surface area (Å²) in [4.78, 5) is 14.8. The minimum absolute atomic E-state index is 0.0300. The fourth-order valence-electron chi connectivity index (χ4n) is 2.80. The molecule has 0 saturated carbocycles. The second-order valence-electron chi connectivity index (χ2n) is 7.29. The average molecular weight is 338 g/mol. The van der Waals surface area contributed by atoms with E-state index in [4.69, 9.17) is 0 Å². The van der Waals surface area contributed by atoms with Crippen LogP contribution in [0.25, 0.3) is 0 Å². The van der Waals surface area contributed by atoms with Crippen molar-refractivity contribution in [2.75, 3.05) is 24.2 Å². The van der Waals surface area contributed by atoms with Gasteiger partial charge < -0.3 is 10.2 Å². The second-order valence-corrected chi connectivity index (χ2v) is 9.31. The van der Waals surface area contributed by atoms with Crippen LogP contribution in [0.2, 0.25) is 0 Å². The Kier molecular flexibility index (Phi) is 5.04. The van der Waals surface area contributed by atoms with E-state index in [1.54, 1.807) is 12.1 Å². The second kappa shape index (κ2) is 6.51. The number of anilines is 1. The number of nitrogens with zero attached hydrogens (tertiary/aromatic N) is 1. The Bertz CT molecular complexity index is 660. The van der Waals surface area contributed by atoms with Gasteiger partial charge in [-0.3, -0.25) is 4.79 Å². The molecule has 0 aliphatic carbocycles. The predicted octanol–water partition coefficient (Wildman–Crippen LogP) is 2.22. The minimum Gasteiger partial charge on any atom is -0.371 e. The van der Waals surface area contributed by atoms with Crippen LogP contribution >= 0.6 is 0 Å². The molecule has 0 radical (unpaired) electrons. The summed E-state index contributed by atoms with van der Waals surface area (Å²) in [5.74, 6) is 0.0625. The summed E-state index contributed by atoms with van der Waals surface area (Å²) < 4.78 is 23.1. The van der Waals surface area contributed by atoms with Crippen LogP contribution in [0, 0.1) is 5.92 Å². The summed E-state index contributed by atoms with van der Waals surface area (Å²) in [7, 11) is -3.18. The molecule has 5 nitrogen and oxygen atoms in total. The number of benzene rings is 1. The van der Waals surface area contributed by atoms with Crippen LogP contribution in [-0.2, 0) is 14.6 Å². The summed E-state index contributed by atoms with van der Waals surface area (Å²) >= 11 is 0. The fourth-order valence-corrected chi connectivity index (χ4v) is 3.43. The van der Waals surface area contributed by atoms with Crippen molar-refractivity contribution >= 4 is 21.4 Å². The van der Waals surface area contributed by atoms with Gasteiger partial charge in [-0.2, -0.15) is 0 Å². The van der Waals surface area contributed by atoms with Crippen molar-refractivity contribution in [3.63, 3.8) is 0 Å². The molecule has 1 aliphatic rings. The SMILES string of the molecule is CC(C)(C)NC(=O)C1CCCN(c2ccc(S(C)(=O)=O)cc2)C1. The summed E-state index contributed by atoms with van der Waals surface area (Å²) in [5.41, 5.74) is 0.738. The maximum absolute atomic E-state index is 12.4. The molecule has 0 spiro atoms. The van der Waals surface area contributed by atoms with E-state index in [2.05, 4.69) is 10.2 Å². The molecule has 1 N–H and O–H groups in total. The van der Waals surface area contributed by atoms with Crippen molar-refractivity contribution in [1.82, 2.24) is 5.32 Å². The lowest BCUT2D eigenvalue weighted by Crippen LogP contribution is -2.48. The monoisotopic (exact) mass is 338 g/mol. The van der Waals surface area contributed by atoms with Crippen LogP contribution in [-0.4, -0.2) is 39.2 Å². The largest absolute Gasteiger partial charge is 0.371 e. The molecule has 1 saturated heterocycles. The first-order valence-corrected chi connectivity index (χ1v) is 9.82. The molecule has 23 heavy (non-hydrogen) atoms. The molecular formula is C17H26N2O3S. The van der Waals surface area contributed by atoms with Crippen LogP contribution in [0.1, 0.15) is 33.6 Å². The van der Waals surface area contributed by atoms with Gasteiger partial charge in [-0.25, -0.2) is 8.42 Å². The van der Waals surface area contributed by atoms with E-state index in [9.17, 15) is 13.2 Å². The Morgan fingerprint density at radius 3 is 2.35 bits per heavy atom. The molecule has 1 heterocycles. The van der Waals surface area contributed by atoms with E-state index in [0.717, 1.165) is 25.1 Å². The van der Waals surface area contributed by atoms with Crippen LogP contribution < -0.4 is 10.2 Å². The quantitative estimate of drug-likeness (QED) is 0.918. The third kappa shape index (κ3) is 4.96. The number of carbonyl (C=O) groups is 1. The van der Waals surface area contributed by atoms with Gasteiger partial charge in [0, 0.05) is 30.6 Å². The average Bonchev–Trinajstić information content (AvgIpc) is 2.45. The van der Waals surface area contributed by atoms with Gasteiger partial charge in [-0.1, -0.05) is 0 Å². The maximum atomic E-state index is 12.4. The fraction of sp³-hybridized carbons (Fsp3) is 0.588. The Labute approximate surface area is 139 Å². The van der Waals surface area contributed by atoms with Crippen molar-refractivity contribution in [1.29, 1.82) is 0 Å². The standard InChI is InChI=1S/C17H26N2O3S/c1-17(2,3)18-16(20)13-6-5-11-19(12-13)14-7-9-15(10-8-14)23(4,21)22/h7-10,13H,5-6,11-12H2,1-4H3,(H,18,20). The zero-order valence-electron chi connectivity index (χ0n) is 14.3. The van der Waals surface area contributed by atoms with E-state index >= 15 is 0 Å². The van der Waals surface area contributed by atoms with Gasteiger partial charge in [0.1, 0.15) is 0 Å². The lowest BCUT2D eigenvalue weighted by atomic mass is 9.95. The van der Waals surface area contributed by atoms with Gasteiger partial charge in [-0.05, 0) is 57.9 Å². The zero-order chi connectivity index (χ0) is 17.3. The van der Waals surface area contributed by atoms with E-state index in [-0.39, 0.29) is 17.4 Å². The van der Waals surface area contributed by atoms with Gasteiger partial charge in [0.25, 0.3) is 0 Å². The van der Waals surface area contributed by atoms with Gasteiger partial charge >= 0.3 is 0 Å². The highest BCUT2D eigenvalue weighted by Crippen LogP contribution is 2.25. The smallest absolute Gasteiger partial charge is 0.225 e. The van der Waals surface area contributed by atoms with Gasteiger partial charge in [0.15, 0.2) is 9.84 Å². The number of hydrogen-bond acceptors (Lipinski definition) is 4. The molecule has 1 aliphatic heterocycles. The van der Waals surface area contributed by atoms with E-state index < -0.39 is 9.84 Å². The molecule has 1 atom stereocenters. The number of rotatable bonds is 3. The number of hydrogen-bond donors (Lipinski definition) is 1. The minimum atomic E-state index is -3.18. The first kappa shape index (κ1) is 17.8. The number of carbonyl (C=O) groups excluding carboxylic acids is 1. The molecule has 0 aromatic heterocycles. The van der Waals surface area contributed by atoms with Gasteiger partial charge in [-0.15, -0.1) is 0 Å². The van der Waals surface area contributed by atoms with Crippen LogP contribution in [0.4, 0.5) is 5.69 Å². The first-order valence-electron chi connectivity index (χ1n) is 7.93.